The molecule has 0 aliphatic heterocycles. The van der Waals surface area contributed by atoms with Crippen LogP contribution in [-0.2, 0) is 4.79 Å². The maximum atomic E-state index is 11.3. The van der Waals surface area contributed by atoms with Crippen molar-refractivity contribution in [3.05, 3.63) is 44.5 Å². The van der Waals surface area contributed by atoms with Gasteiger partial charge >= 0.3 is 0 Å². The van der Waals surface area contributed by atoms with E-state index in [0.717, 1.165) is 12.8 Å². The average Bonchev–Trinajstić information content (AvgIpc) is 2.67. The lowest BCUT2D eigenvalue weighted by Crippen LogP contribution is -2.42. The molecule has 9 nitrogen and oxygen atoms in total. The summed E-state index contributed by atoms with van der Waals surface area (Å²) in [5.74, 6) is 0. The van der Waals surface area contributed by atoms with Gasteiger partial charge < -0.3 is 10.2 Å². The van der Waals surface area contributed by atoms with Gasteiger partial charge in [0.1, 0.15) is 12.2 Å². The number of rotatable bonds is 18. The van der Waals surface area contributed by atoms with Gasteiger partial charge in [-0.1, -0.05) is 50.5 Å². The molecule has 9 heteroatoms. The SMILES string of the molecule is CC/C=C\C/C=C\CC(C(O)CC(C(O)CCCCCC[C]=O)[N+](=O)[O-])[N+](=O)[O-]. The van der Waals surface area contributed by atoms with E-state index in [1.54, 1.807) is 18.4 Å². The van der Waals surface area contributed by atoms with Crippen LogP contribution in [0.1, 0.15) is 71.1 Å². The normalized spacial score (nSPS) is 16.0. The van der Waals surface area contributed by atoms with E-state index in [1.807, 2.05) is 19.1 Å². The van der Waals surface area contributed by atoms with Crippen LogP contribution in [0.2, 0.25) is 0 Å². The molecule has 0 amide bonds. The zero-order valence-electron chi connectivity index (χ0n) is 17.0. The number of allylic oxidation sites excluding steroid dienone is 3. The molecule has 165 valence electrons. The summed E-state index contributed by atoms with van der Waals surface area (Å²) in [5, 5.41) is 42.9. The zero-order valence-corrected chi connectivity index (χ0v) is 17.0. The summed E-state index contributed by atoms with van der Waals surface area (Å²) >= 11 is 0. The Morgan fingerprint density at radius 1 is 0.897 bits per heavy atom. The van der Waals surface area contributed by atoms with Crippen LogP contribution >= 0.6 is 0 Å². The molecule has 4 atom stereocenters. The standard InChI is InChI=1S/C20H33N2O7/c1-2-3-4-5-7-10-13-17(21(26)27)20(25)16-18(22(28)29)19(24)14-11-8-6-9-12-15-23/h3-4,7,10,17-20,24-25H,2,5-6,8-9,11-14,16H2,1H3/b4-3-,10-7-. The smallest absolute Gasteiger partial charge is 0.242 e. The largest absolute Gasteiger partial charge is 0.386 e. The van der Waals surface area contributed by atoms with E-state index >= 15 is 0 Å². The summed E-state index contributed by atoms with van der Waals surface area (Å²) < 4.78 is 0. The molecule has 0 spiro atoms. The summed E-state index contributed by atoms with van der Waals surface area (Å²) in [6.45, 7) is 1.99. The Balaban J connectivity index is 4.66. The first-order chi connectivity index (χ1) is 13.8. The molecule has 0 saturated heterocycles. The highest BCUT2D eigenvalue weighted by molar-refractivity contribution is 5.50. The molecule has 4 unspecified atom stereocenters. The Kier molecular flexibility index (Phi) is 15.6. The van der Waals surface area contributed by atoms with Crippen LogP contribution in [0.15, 0.2) is 24.3 Å². The number of hydrogen-bond donors (Lipinski definition) is 2. The molecule has 0 aliphatic carbocycles. The molecule has 0 aliphatic rings. The quantitative estimate of drug-likeness (QED) is 0.152. The van der Waals surface area contributed by atoms with Crippen molar-refractivity contribution >= 4 is 6.29 Å². The second-order valence-corrected chi connectivity index (χ2v) is 7.00. The second-order valence-electron chi connectivity index (χ2n) is 7.00. The molecule has 29 heavy (non-hydrogen) atoms. The van der Waals surface area contributed by atoms with Gasteiger partial charge in [-0.25, -0.2) is 0 Å². The van der Waals surface area contributed by atoms with Gasteiger partial charge in [-0.15, -0.1) is 0 Å². The van der Waals surface area contributed by atoms with Crippen molar-refractivity contribution in [1.29, 1.82) is 0 Å². The fourth-order valence-electron chi connectivity index (χ4n) is 2.94. The molecule has 0 saturated carbocycles. The van der Waals surface area contributed by atoms with Crippen LogP contribution in [0, 0.1) is 20.2 Å². The van der Waals surface area contributed by atoms with Gasteiger partial charge in [0.25, 0.3) is 0 Å². The van der Waals surface area contributed by atoms with Gasteiger partial charge in [0.15, 0.2) is 6.29 Å². The molecule has 0 rings (SSSR count). The number of carbonyl (C=O) groups excluding carboxylic acids is 1. The Morgan fingerprint density at radius 2 is 1.52 bits per heavy atom. The molecular weight excluding hydrogens is 380 g/mol. The maximum Gasteiger partial charge on any atom is 0.242 e. The molecule has 0 heterocycles. The fraction of sp³-hybridized carbons (Fsp3) is 0.750. The highest BCUT2D eigenvalue weighted by Gasteiger charge is 2.38. The highest BCUT2D eigenvalue weighted by Crippen LogP contribution is 2.18. The number of aliphatic hydroxyl groups is 2. The van der Waals surface area contributed by atoms with Crippen molar-refractivity contribution < 1.29 is 24.9 Å². The minimum absolute atomic E-state index is 0.0393. The van der Waals surface area contributed by atoms with E-state index in [1.165, 1.54) is 0 Å². The van der Waals surface area contributed by atoms with Crippen molar-refractivity contribution in [2.24, 2.45) is 0 Å². The van der Waals surface area contributed by atoms with E-state index in [4.69, 9.17) is 0 Å². The molecule has 0 bridgehead atoms. The van der Waals surface area contributed by atoms with Gasteiger partial charge in [-0.3, -0.25) is 25.0 Å². The van der Waals surface area contributed by atoms with Crippen molar-refractivity contribution in [3.63, 3.8) is 0 Å². The molecule has 2 N–H and O–H groups in total. The van der Waals surface area contributed by atoms with Crippen molar-refractivity contribution in [3.8, 4) is 0 Å². The van der Waals surface area contributed by atoms with Gasteiger partial charge in [-0.2, -0.15) is 0 Å². The third kappa shape index (κ3) is 12.8. The summed E-state index contributed by atoms with van der Waals surface area (Å²) in [5.41, 5.74) is 0. The van der Waals surface area contributed by atoms with Crippen LogP contribution in [-0.4, -0.2) is 50.6 Å². The Bertz CT molecular complexity index is 537. The van der Waals surface area contributed by atoms with Gasteiger partial charge in [0, 0.05) is 22.7 Å². The number of nitro groups is 2. The highest BCUT2D eigenvalue weighted by atomic mass is 16.6. The van der Waals surface area contributed by atoms with Gasteiger partial charge in [0.05, 0.1) is 6.42 Å². The van der Waals surface area contributed by atoms with Crippen molar-refractivity contribution in [2.45, 2.75) is 95.4 Å². The summed E-state index contributed by atoms with van der Waals surface area (Å²) in [4.78, 5) is 31.4. The van der Waals surface area contributed by atoms with Crippen molar-refractivity contribution in [2.75, 3.05) is 0 Å². The Morgan fingerprint density at radius 3 is 2.10 bits per heavy atom. The Labute approximate surface area is 171 Å². The number of nitrogens with zero attached hydrogens (tertiary/aromatic N) is 2. The monoisotopic (exact) mass is 413 g/mol. The van der Waals surface area contributed by atoms with Crippen LogP contribution in [0.25, 0.3) is 0 Å². The van der Waals surface area contributed by atoms with E-state index in [9.17, 15) is 35.2 Å². The molecule has 0 aromatic carbocycles. The lowest BCUT2D eigenvalue weighted by molar-refractivity contribution is -0.553. The van der Waals surface area contributed by atoms with Gasteiger partial charge in [0.2, 0.25) is 12.1 Å². The van der Waals surface area contributed by atoms with Gasteiger partial charge in [-0.05, 0) is 25.7 Å². The number of aliphatic hydroxyl groups excluding tert-OH is 2. The topological polar surface area (TPSA) is 144 Å². The van der Waals surface area contributed by atoms with Crippen LogP contribution in [0.4, 0.5) is 0 Å². The number of hydrogen-bond acceptors (Lipinski definition) is 7. The first kappa shape index (κ1) is 26.9. The predicted molar refractivity (Wildman–Crippen MR) is 109 cm³/mol. The van der Waals surface area contributed by atoms with Crippen LogP contribution in [0.5, 0.6) is 0 Å². The number of unbranched alkanes of at least 4 members (excludes halogenated alkanes) is 4. The van der Waals surface area contributed by atoms with Crippen molar-refractivity contribution in [1.82, 2.24) is 0 Å². The summed E-state index contributed by atoms with van der Waals surface area (Å²) in [6, 6.07) is -2.83. The van der Waals surface area contributed by atoms with E-state index < -0.39 is 40.6 Å². The lowest BCUT2D eigenvalue weighted by Gasteiger charge is -2.20. The minimum atomic E-state index is -1.53. The van der Waals surface area contributed by atoms with E-state index in [-0.39, 0.29) is 12.8 Å². The first-order valence-corrected chi connectivity index (χ1v) is 10.1. The molecule has 0 fully saturated rings. The average molecular weight is 413 g/mol. The van der Waals surface area contributed by atoms with Crippen LogP contribution in [0.3, 0.4) is 0 Å². The van der Waals surface area contributed by atoms with E-state index in [2.05, 4.69) is 0 Å². The molecule has 0 aromatic heterocycles. The summed E-state index contributed by atoms with van der Waals surface area (Å²) in [6.07, 6.45) is 10.4. The molecule has 1 radical (unpaired) electrons. The third-order valence-electron chi connectivity index (χ3n) is 4.66. The minimum Gasteiger partial charge on any atom is -0.386 e. The Hall–Kier alpha value is -2.13. The predicted octanol–water partition coefficient (Wildman–Crippen LogP) is 3.14. The first-order valence-electron chi connectivity index (χ1n) is 10.1. The zero-order chi connectivity index (χ0) is 22.1. The van der Waals surface area contributed by atoms with Crippen LogP contribution < -0.4 is 0 Å². The van der Waals surface area contributed by atoms with E-state index in [0.29, 0.717) is 32.1 Å². The second kappa shape index (κ2) is 16.8. The maximum absolute atomic E-state index is 11.3. The summed E-state index contributed by atoms with van der Waals surface area (Å²) in [7, 11) is 0. The lowest BCUT2D eigenvalue weighted by atomic mass is 9.95. The third-order valence-corrected chi connectivity index (χ3v) is 4.66. The molecule has 0 aromatic rings. The fourth-order valence-corrected chi connectivity index (χ4v) is 2.94. The molecular formula is C20H33N2O7.